The molecule has 0 fully saturated rings. The Hall–Kier alpha value is 0.1000. The van der Waals surface area contributed by atoms with E-state index >= 15 is 0 Å². The van der Waals surface area contributed by atoms with Gasteiger partial charge < -0.3 is 5.32 Å². The van der Waals surface area contributed by atoms with Crippen molar-refractivity contribution in [3.8, 4) is 0 Å². The molecule has 5 heteroatoms. The SMILES string of the molecule is CC(CNC1CCCc2sc(Cl)cc21)S(C)=O. The van der Waals surface area contributed by atoms with E-state index in [2.05, 4.69) is 11.4 Å². The predicted molar refractivity (Wildman–Crippen MR) is 76.5 cm³/mol. The molecule has 0 aromatic carbocycles. The Morgan fingerprint density at radius 2 is 2.47 bits per heavy atom. The van der Waals surface area contributed by atoms with Crippen molar-refractivity contribution in [1.29, 1.82) is 0 Å². The maximum Gasteiger partial charge on any atom is 0.0934 e. The second kappa shape index (κ2) is 5.83. The van der Waals surface area contributed by atoms with E-state index in [-0.39, 0.29) is 5.25 Å². The van der Waals surface area contributed by atoms with Gasteiger partial charge in [0.15, 0.2) is 0 Å². The second-order valence-corrected chi connectivity index (χ2v) is 8.16. The van der Waals surface area contributed by atoms with Gasteiger partial charge in [-0.3, -0.25) is 4.21 Å². The summed E-state index contributed by atoms with van der Waals surface area (Å²) < 4.78 is 12.2. The smallest absolute Gasteiger partial charge is 0.0934 e. The average molecular weight is 292 g/mol. The highest BCUT2D eigenvalue weighted by Crippen LogP contribution is 2.37. The molecule has 1 aromatic rings. The van der Waals surface area contributed by atoms with Gasteiger partial charge in [0.2, 0.25) is 0 Å². The first-order valence-electron chi connectivity index (χ1n) is 5.91. The van der Waals surface area contributed by atoms with Crippen molar-refractivity contribution in [3.63, 3.8) is 0 Å². The lowest BCUT2D eigenvalue weighted by atomic mass is 9.94. The van der Waals surface area contributed by atoms with E-state index in [1.54, 1.807) is 17.6 Å². The summed E-state index contributed by atoms with van der Waals surface area (Å²) in [6, 6.07) is 2.49. The van der Waals surface area contributed by atoms with E-state index < -0.39 is 10.8 Å². The molecule has 0 amide bonds. The molecule has 0 saturated heterocycles. The van der Waals surface area contributed by atoms with Crippen molar-refractivity contribution >= 4 is 33.7 Å². The molecular weight excluding hydrogens is 274 g/mol. The zero-order valence-electron chi connectivity index (χ0n) is 10.2. The third-order valence-corrected chi connectivity index (χ3v) is 5.94. The number of fused-ring (bicyclic) bond motifs is 1. The van der Waals surface area contributed by atoms with Crippen molar-refractivity contribution < 1.29 is 4.21 Å². The standard InChI is InChI=1S/C12H18ClNOS2/c1-8(17(2)15)7-14-10-4-3-5-11-9(10)6-12(13)16-11/h6,8,10,14H,3-5,7H2,1-2H3. The van der Waals surface area contributed by atoms with Gasteiger partial charge in [-0.25, -0.2) is 0 Å². The number of halogens is 1. The first-order chi connectivity index (χ1) is 8.08. The van der Waals surface area contributed by atoms with Gasteiger partial charge in [0.1, 0.15) is 0 Å². The zero-order valence-corrected chi connectivity index (χ0v) is 12.6. The van der Waals surface area contributed by atoms with Crippen LogP contribution in [0.3, 0.4) is 0 Å². The molecule has 0 bridgehead atoms. The van der Waals surface area contributed by atoms with Crippen LogP contribution >= 0.6 is 22.9 Å². The third kappa shape index (κ3) is 3.31. The van der Waals surface area contributed by atoms with E-state index in [0.29, 0.717) is 6.04 Å². The van der Waals surface area contributed by atoms with Gasteiger partial charge in [-0.2, -0.15) is 0 Å². The lowest BCUT2D eigenvalue weighted by Crippen LogP contribution is -2.32. The largest absolute Gasteiger partial charge is 0.309 e. The van der Waals surface area contributed by atoms with E-state index in [0.717, 1.165) is 23.7 Å². The van der Waals surface area contributed by atoms with E-state index in [1.807, 2.05) is 6.92 Å². The van der Waals surface area contributed by atoms with Crippen molar-refractivity contribution in [2.24, 2.45) is 0 Å². The summed E-state index contributed by atoms with van der Waals surface area (Å²) in [5.74, 6) is 0. The van der Waals surface area contributed by atoms with E-state index in [1.165, 1.54) is 16.9 Å². The van der Waals surface area contributed by atoms with Crippen LogP contribution in [-0.2, 0) is 17.2 Å². The Morgan fingerprint density at radius 1 is 1.71 bits per heavy atom. The summed E-state index contributed by atoms with van der Waals surface area (Å²) in [5, 5.41) is 3.73. The molecule has 3 unspecified atom stereocenters. The molecule has 0 aliphatic heterocycles. The maximum atomic E-state index is 11.3. The fourth-order valence-corrected chi connectivity index (χ4v) is 3.87. The summed E-state index contributed by atoms with van der Waals surface area (Å²) in [7, 11) is -0.753. The van der Waals surface area contributed by atoms with E-state index in [9.17, 15) is 4.21 Å². The van der Waals surface area contributed by atoms with Crippen LogP contribution in [0.4, 0.5) is 0 Å². The Bertz CT molecular complexity index is 419. The molecule has 0 saturated carbocycles. The lowest BCUT2D eigenvalue weighted by molar-refractivity contribution is 0.465. The van der Waals surface area contributed by atoms with Crippen molar-refractivity contribution in [2.45, 2.75) is 37.5 Å². The maximum absolute atomic E-state index is 11.3. The molecular formula is C12H18ClNOS2. The van der Waals surface area contributed by atoms with Gasteiger partial charge in [-0.05, 0) is 37.8 Å². The average Bonchev–Trinajstić information content (AvgIpc) is 2.66. The predicted octanol–water partition coefficient (Wildman–Crippen LogP) is 3.14. The topological polar surface area (TPSA) is 29.1 Å². The summed E-state index contributed by atoms with van der Waals surface area (Å²) in [5.41, 5.74) is 1.36. The van der Waals surface area contributed by atoms with E-state index in [4.69, 9.17) is 11.6 Å². The van der Waals surface area contributed by atoms with Crippen LogP contribution in [0.5, 0.6) is 0 Å². The number of hydrogen-bond acceptors (Lipinski definition) is 3. The van der Waals surface area contributed by atoms with Gasteiger partial charge in [0, 0.05) is 39.8 Å². The molecule has 2 nitrogen and oxygen atoms in total. The molecule has 1 N–H and O–H groups in total. The molecule has 1 aliphatic rings. The number of nitrogens with one attached hydrogen (secondary N) is 1. The van der Waals surface area contributed by atoms with Crippen molar-refractivity contribution in [1.82, 2.24) is 5.32 Å². The van der Waals surface area contributed by atoms with Crippen molar-refractivity contribution in [3.05, 3.63) is 20.8 Å². The van der Waals surface area contributed by atoms with Gasteiger partial charge in [0.25, 0.3) is 0 Å². The highest BCUT2D eigenvalue weighted by Gasteiger charge is 2.23. The first-order valence-corrected chi connectivity index (χ1v) is 8.73. The minimum absolute atomic E-state index is 0.203. The highest BCUT2D eigenvalue weighted by atomic mass is 35.5. The molecule has 0 radical (unpaired) electrons. The van der Waals surface area contributed by atoms with Gasteiger partial charge in [-0.15, -0.1) is 11.3 Å². The molecule has 1 heterocycles. The molecule has 0 spiro atoms. The fourth-order valence-electron chi connectivity index (χ4n) is 2.16. The molecule has 3 atom stereocenters. The third-order valence-electron chi connectivity index (χ3n) is 3.30. The van der Waals surface area contributed by atoms with Crippen LogP contribution in [0.15, 0.2) is 6.07 Å². The molecule has 1 aromatic heterocycles. The van der Waals surface area contributed by atoms with Crippen LogP contribution in [0.2, 0.25) is 4.34 Å². The van der Waals surface area contributed by atoms with Gasteiger partial charge in [0.05, 0.1) is 4.34 Å². The number of thiophene rings is 1. The summed E-state index contributed by atoms with van der Waals surface area (Å²) in [6.45, 7) is 2.83. The quantitative estimate of drug-likeness (QED) is 0.923. The highest BCUT2D eigenvalue weighted by molar-refractivity contribution is 7.84. The number of rotatable bonds is 4. The zero-order chi connectivity index (χ0) is 12.4. The van der Waals surface area contributed by atoms with Crippen LogP contribution in [0.1, 0.15) is 36.2 Å². The minimum atomic E-state index is -0.753. The van der Waals surface area contributed by atoms with Crippen LogP contribution < -0.4 is 5.32 Å². The Labute approximate surface area is 114 Å². The van der Waals surface area contributed by atoms with Crippen molar-refractivity contribution in [2.75, 3.05) is 12.8 Å². The van der Waals surface area contributed by atoms with Crippen LogP contribution in [0.25, 0.3) is 0 Å². The first kappa shape index (κ1) is 13.5. The number of aryl methyl sites for hydroxylation is 1. The summed E-state index contributed by atoms with van der Waals surface area (Å²) in [6.07, 6.45) is 5.29. The Kier molecular flexibility index (Phi) is 4.64. The molecule has 1 aliphatic carbocycles. The summed E-state index contributed by atoms with van der Waals surface area (Å²) >= 11 is 7.77. The van der Waals surface area contributed by atoms with Gasteiger partial charge >= 0.3 is 0 Å². The lowest BCUT2D eigenvalue weighted by Gasteiger charge is -2.24. The Balaban J connectivity index is 2.01. The molecule has 2 rings (SSSR count). The molecule has 96 valence electrons. The second-order valence-electron chi connectivity index (χ2n) is 4.59. The molecule has 17 heavy (non-hydrogen) atoms. The fraction of sp³-hybridized carbons (Fsp3) is 0.667. The van der Waals surface area contributed by atoms with Gasteiger partial charge in [-0.1, -0.05) is 11.6 Å². The minimum Gasteiger partial charge on any atom is -0.309 e. The monoisotopic (exact) mass is 291 g/mol. The van der Waals surface area contributed by atoms with Crippen LogP contribution in [0, 0.1) is 0 Å². The normalized spacial score (nSPS) is 23.1. The summed E-state index contributed by atoms with van der Waals surface area (Å²) in [4.78, 5) is 1.42. The van der Waals surface area contributed by atoms with Crippen LogP contribution in [-0.4, -0.2) is 22.3 Å². The number of hydrogen-bond donors (Lipinski definition) is 1. The Morgan fingerprint density at radius 3 is 3.18 bits per heavy atom.